The number of ether oxygens (including phenoxy) is 4. The van der Waals surface area contributed by atoms with Crippen molar-refractivity contribution in [1.29, 1.82) is 0 Å². The Hall–Kier alpha value is -2.38. The van der Waals surface area contributed by atoms with E-state index in [0.717, 1.165) is 29.0 Å². The Bertz CT molecular complexity index is 842. The van der Waals surface area contributed by atoms with Crippen LogP contribution < -0.4 is 15.2 Å². The first kappa shape index (κ1) is 17.1. The van der Waals surface area contributed by atoms with Crippen LogP contribution in [0.2, 0.25) is 0 Å². The zero-order valence-electron chi connectivity index (χ0n) is 14.8. The van der Waals surface area contributed by atoms with Gasteiger partial charge in [-0.3, -0.25) is 4.57 Å². The molecule has 4 rings (SSSR count). The number of aromatic nitrogens is 2. The second-order valence-electron chi connectivity index (χ2n) is 6.29. The van der Waals surface area contributed by atoms with Crippen molar-refractivity contribution in [3.8, 4) is 22.9 Å². The van der Waals surface area contributed by atoms with E-state index in [-0.39, 0.29) is 11.8 Å². The smallest absolute Gasteiger partial charge is 0.351 e. The van der Waals surface area contributed by atoms with E-state index < -0.39 is 0 Å². The average Bonchev–Trinajstić information content (AvgIpc) is 2.67. The number of nitrogens with zero attached hydrogens (tertiary/aromatic N) is 2. The second kappa shape index (κ2) is 7.47. The van der Waals surface area contributed by atoms with Gasteiger partial charge in [0.15, 0.2) is 0 Å². The first-order chi connectivity index (χ1) is 12.7. The summed E-state index contributed by atoms with van der Waals surface area (Å²) in [7, 11) is 0. The van der Waals surface area contributed by atoms with Crippen LogP contribution in [0.5, 0.6) is 11.6 Å². The van der Waals surface area contributed by atoms with Crippen molar-refractivity contribution in [3.05, 3.63) is 40.3 Å². The molecule has 1 fully saturated rings. The molecular formula is C19H22N2O5. The van der Waals surface area contributed by atoms with Gasteiger partial charge in [-0.05, 0) is 37.1 Å². The summed E-state index contributed by atoms with van der Waals surface area (Å²) in [5, 5.41) is 0. The third kappa shape index (κ3) is 3.45. The molecule has 7 nitrogen and oxygen atoms in total. The van der Waals surface area contributed by atoms with E-state index in [1.807, 2.05) is 31.2 Å². The summed E-state index contributed by atoms with van der Waals surface area (Å²) >= 11 is 0. The van der Waals surface area contributed by atoms with Crippen LogP contribution in [0.25, 0.3) is 11.3 Å². The van der Waals surface area contributed by atoms with Crippen molar-refractivity contribution in [2.75, 3.05) is 33.0 Å². The van der Waals surface area contributed by atoms with E-state index in [0.29, 0.717) is 45.5 Å². The van der Waals surface area contributed by atoms with Gasteiger partial charge in [-0.1, -0.05) is 0 Å². The lowest BCUT2D eigenvalue weighted by molar-refractivity contribution is -0.102. The molecule has 2 aliphatic rings. The fraction of sp³-hybridized carbons (Fsp3) is 0.474. The maximum Gasteiger partial charge on any atom is 0.351 e. The molecule has 1 atom stereocenters. The minimum atomic E-state index is -0.294. The Kier molecular flexibility index (Phi) is 4.90. The van der Waals surface area contributed by atoms with E-state index >= 15 is 0 Å². The molecule has 2 aliphatic heterocycles. The van der Waals surface area contributed by atoms with Crippen molar-refractivity contribution in [2.24, 2.45) is 0 Å². The van der Waals surface area contributed by atoms with Gasteiger partial charge in [0.1, 0.15) is 18.5 Å². The molecule has 138 valence electrons. The molecule has 2 aromatic rings. The van der Waals surface area contributed by atoms with E-state index in [9.17, 15) is 4.79 Å². The first-order valence-corrected chi connectivity index (χ1v) is 8.94. The van der Waals surface area contributed by atoms with Crippen LogP contribution in [0.15, 0.2) is 29.1 Å². The highest BCUT2D eigenvalue weighted by Gasteiger charge is 2.21. The Morgan fingerprint density at radius 2 is 2.19 bits per heavy atom. The van der Waals surface area contributed by atoms with Gasteiger partial charge < -0.3 is 18.9 Å². The number of hydrogen-bond donors (Lipinski definition) is 0. The molecule has 0 radical (unpaired) electrons. The minimum Gasteiger partial charge on any atom is -0.494 e. The number of hydrogen-bond acceptors (Lipinski definition) is 6. The standard InChI is InChI=1S/C19H22N2O5/c1-2-24-14-3-4-16-13(9-14)5-6-21-17(16)10-18(20-19(21)22)26-12-15-11-23-7-8-25-15/h3-4,9-10,15H,2,5-8,11-12H2,1H3. The summed E-state index contributed by atoms with van der Waals surface area (Å²) < 4.78 is 23.9. The Morgan fingerprint density at radius 3 is 3.00 bits per heavy atom. The van der Waals surface area contributed by atoms with Crippen LogP contribution in [0, 0.1) is 0 Å². The van der Waals surface area contributed by atoms with Crippen LogP contribution in [-0.4, -0.2) is 48.7 Å². The lowest BCUT2D eigenvalue weighted by Crippen LogP contribution is -2.34. The highest BCUT2D eigenvalue weighted by atomic mass is 16.6. The van der Waals surface area contributed by atoms with Crippen LogP contribution in [0.3, 0.4) is 0 Å². The van der Waals surface area contributed by atoms with E-state index in [2.05, 4.69) is 4.98 Å². The van der Waals surface area contributed by atoms with Crippen molar-refractivity contribution >= 4 is 0 Å². The largest absolute Gasteiger partial charge is 0.494 e. The van der Waals surface area contributed by atoms with Gasteiger partial charge in [0.25, 0.3) is 0 Å². The molecule has 1 saturated heterocycles. The Labute approximate surface area is 151 Å². The van der Waals surface area contributed by atoms with Gasteiger partial charge in [0.2, 0.25) is 5.88 Å². The predicted octanol–water partition coefficient (Wildman–Crippen LogP) is 1.66. The Morgan fingerprint density at radius 1 is 1.27 bits per heavy atom. The monoisotopic (exact) mass is 358 g/mol. The molecule has 0 aliphatic carbocycles. The van der Waals surface area contributed by atoms with Crippen molar-refractivity contribution in [2.45, 2.75) is 26.0 Å². The number of fused-ring (bicyclic) bond motifs is 3. The van der Waals surface area contributed by atoms with Gasteiger partial charge in [0, 0.05) is 18.2 Å². The third-order valence-electron chi connectivity index (χ3n) is 4.56. The molecule has 0 spiro atoms. The quantitative estimate of drug-likeness (QED) is 0.809. The summed E-state index contributed by atoms with van der Waals surface area (Å²) in [4.78, 5) is 16.5. The van der Waals surface area contributed by atoms with Gasteiger partial charge in [-0.25, -0.2) is 4.79 Å². The number of rotatable bonds is 5. The molecule has 1 unspecified atom stereocenters. The van der Waals surface area contributed by atoms with Crippen molar-refractivity contribution in [3.63, 3.8) is 0 Å². The second-order valence-corrected chi connectivity index (χ2v) is 6.29. The zero-order chi connectivity index (χ0) is 17.9. The van der Waals surface area contributed by atoms with Crippen LogP contribution >= 0.6 is 0 Å². The molecule has 26 heavy (non-hydrogen) atoms. The maximum atomic E-state index is 12.4. The predicted molar refractivity (Wildman–Crippen MR) is 94.9 cm³/mol. The highest BCUT2D eigenvalue weighted by molar-refractivity contribution is 5.67. The lowest BCUT2D eigenvalue weighted by atomic mass is 9.97. The van der Waals surface area contributed by atoms with E-state index in [1.165, 1.54) is 0 Å². The highest BCUT2D eigenvalue weighted by Crippen LogP contribution is 2.32. The van der Waals surface area contributed by atoms with Gasteiger partial charge in [-0.15, -0.1) is 0 Å². The number of benzene rings is 1. The number of aryl methyl sites for hydroxylation is 1. The van der Waals surface area contributed by atoms with Gasteiger partial charge >= 0.3 is 5.69 Å². The molecule has 1 aromatic heterocycles. The topological polar surface area (TPSA) is 71.8 Å². The van der Waals surface area contributed by atoms with Crippen LogP contribution in [0.4, 0.5) is 0 Å². The summed E-state index contributed by atoms with van der Waals surface area (Å²) in [6, 6.07) is 7.79. The molecule has 0 saturated carbocycles. The van der Waals surface area contributed by atoms with Gasteiger partial charge in [0.05, 0.1) is 32.1 Å². The normalized spacial score (nSPS) is 18.7. The van der Waals surface area contributed by atoms with Gasteiger partial charge in [-0.2, -0.15) is 4.98 Å². The van der Waals surface area contributed by atoms with Crippen molar-refractivity contribution in [1.82, 2.24) is 9.55 Å². The third-order valence-corrected chi connectivity index (χ3v) is 4.56. The van der Waals surface area contributed by atoms with Crippen molar-refractivity contribution < 1.29 is 18.9 Å². The summed E-state index contributed by atoms with van der Waals surface area (Å²) in [6.07, 6.45) is 0.642. The zero-order valence-corrected chi connectivity index (χ0v) is 14.8. The summed E-state index contributed by atoms with van der Waals surface area (Å²) in [5.41, 5.74) is 2.71. The molecular weight excluding hydrogens is 336 g/mol. The molecule has 3 heterocycles. The molecule has 1 aromatic carbocycles. The van der Waals surface area contributed by atoms with E-state index in [1.54, 1.807) is 4.57 Å². The first-order valence-electron chi connectivity index (χ1n) is 8.94. The Balaban J connectivity index is 1.60. The molecule has 0 N–H and O–H groups in total. The minimum absolute atomic E-state index is 0.134. The summed E-state index contributed by atoms with van der Waals surface area (Å²) in [5.74, 6) is 1.17. The molecule has 7 heteroatoms. The lowest BCUT2D eigenvalue weighted by Gasteiger charge is -2.24. The molecule has 0 amide bonds. The fourth-order valence-corrected chi connectivity index (χ4v) is 3.32. The van der Waals surface area contributed by atoms with E-state index in [4.69, 9.17) is 18.9 Å². The summed E-state index contributed by atoms with van der Waals surface area (Å²) in [6.45, 7) is 5.16. The maximum absolute atomic E-state index is 12.4. The fourth-order valence-electron chi connectivity index (χ4n) is 3.32. The molecule has 0 bridgehead atoms. The van der Waals surface area contributed by atoms with Crippen LogP contribution in [-0.2, 0) is 22.4 Å². The average molecular weight is 358 g/mol. The SMILES string of the molecule is CCOc1ccc2c(c1)CCn1c-2cc(OCC2COCCO2)nc1=O. The van der Waals surface area contributed by atoms with Crippen LogP contribution in [0.1, 0.15) is 12.5 Å².